The maximum absolute atomic E-state index is 12.3. The van der Waals surface area contributed by atoms with E-state index in [4.69, 9.17) is 10.5 Å². The summed E-state index contributed by atoms with van der Waals surface area (Å²) in [7, 11) is 0. The van der Waals surface area contributed by atoms with E-state index in [1.165, 1.54) is 0 Å². The first-order valence-electron chi connectivity index (χ1n) is 7.51. The Morgan fingerprint density at radius 3 is 2.57 bits per heavy atom. The van der Waals surface area contributed by atoms with Crippen molar-refractivity contribution in [1.82, 2.24) is 5.32 Å². The molecular formula is C18H21BrN2O2. The number of benzene rings is 2. The lowest BCUT2D eigenvalue weighted by Gasteiger charge is -2.14. The molecule has 0 radical (unpaired) electrons. The second kappa shape index (κ2) is 8.13. The topological polar surface area (TPSA) is 64.3 Å². The number of hydrogen-bond donors (Lipinski definition) is 2. The standard InChI is InChI=1S/C18H21BrN2O2/c1-12(2)23-16-9-14(8-15(19)10-16)18(22)21-11-17(20)13-6-4-3-5-7-13/h3-10,12,17H,11,20H2,1-2H3,(H,21,22). The molecule has 1 unspecified atom stereocenters. The molecule has 1 atom stereocenters. The third-order valence-corrected chi connectivity index (χ3v) is 3.67. The van der Waals surface area contributed by atoms with Crippen LogP contribution in [0.2, 0.25) is 0 Å². The molecule has 0 fully saturated rings. The largest absolute Gasteiger partial charge is 0.491 e. The van der Waals surface area contributed by atoms with Crippen LogP contribution in [-0.2, 0) is 0 Å². The molecule has 2 aromatic carbocycles. The van der Waals surface area contributed by atoms with Gasteiger partial charge in [-0.3, -0.25) is 4.79 Å². The smallest absolute Gasteiger partial charge is 0.251 e. The maximum atomic E-state index is 12.3. The van der Waals surface area contributed by atoms with Crippen LogP contribution in [0.1, 0.15) is 35.8 Å². The van der Waals surface area contributed by atoms with Crippen molar-refractivity contribution in [1.29, 1.82) is 0 Å². The number of amides is 1. The molecule has 0 aliphatic carbocycles. The Kier molecular flexibility index (Phi) is 6.19. The second-order valence-corrected chi connectivity index (χ2v) is 6.49. The molecule has 122 valence electrons. The molecule has 0 saturated carbocycles. The van der Waals surface area contributed by atoms with Gasteiger partial charge in [0.1, 0.15) is 5.75 Å². The van der Waals surface area contributed by atoms with E-state index in [1.54, 1.807) is 12.1 Å². The summed E-state index contributed by atoms with van der Waals surface area (Å²) in [6.07, 6.45) is 0.0479. The number of nitrogens with two attached hydrogens (primary N) is 1. The highest BCUT2D eigenvalue weighted by Gasteiger charge is 2.12. The SMILES string of the molecule is CC(C)Oc1cc(Br)cc(C(=O)NCC(N)c2ccccc2)c1. The van der Waals surface area contributed by atoms with Crippen LogP contribution in [0.3, 0.4) is 0 Å². The Morgan fingerprint density at radius 2 is 1.91 bits per heavy atom. The van der Waals surface area contributed by atoms with Crippen molar-refractivity contribution in [2.24, 2.45) is 5.73 Å². The van der Waals surface area contributed by atoms with E-state index in [9.17, 15) is 4.79 Å². The van der Waals surface area contributed by atoms with Gasteiger partial charge >= 0.3 is 0 Å². The number of carbonyl (C=O) groups excluding carboxylic acids is 1. The normalized spacial score (nSPS) is 12.0. The van der Waals surface area contributed by atoms with Crippen LogP contribution in [0.4, 0.5) is 0 Å². The Morgan fingerprint density at radius 1 is 1.22 bits per heavy atom. The summed E-state index contributed by atoms with van der Waals surface area (Å²) < 4.78 is 6.45. The summed E-state index contributed by atoms with van der Waals surface area (Å²) in [6, 6.07) is 14.8. The van der Waals surface area contributed by atoms with Crippen molar-refractivity contribution < 1.29 is 9.53 Å². The zero-order valence-electron chi connectivity index (χ0n) is 13.3. The summed E-state index contributed by atoms with van der Waals surface area (Å²) in [5, 5.41) is 2.86. The fraction of sp³-hybridized carbons (Fsp3) is 0.278. The predicted octanol–water partition coefficient (Wildman–Crippen LogP) is 3.67. The van der Waals surface area contributed by atoms with Crippen LogP contribution in [0.5, 0.6) is 5.75 Å². The van der Waals surface area contributed by atoms with Crippen molar-refractivity contribution in [3.05, 3.63) is 64.1 Å². The van der Waals surface area contributed by atoms with Crippen LogP contribution in [-0.4, -0.2) is 18.6 Å². The van der Waals surface area contributed by atoms with Crippen LogP contribution < -0.4 is 15.8 Å². The van der Waals surface area contributed by atoms with Crippen LogP contribution >= 0.6 is 15.9 Å². The lowest BCUT2D eigenvalue weighted by Crippen LogP contribution is -2.31. The van der Waals surface area contributed by atoms with Crippen LogP contribution in [0.25, 0.3) is 0 Å². The Labute approximate surface area is 145 Å². The van der Waals surface area contributed by atoms with Crippen molar-refractivity contribution in [2.75, 3.05) is 6.54 Å². The average molecular weight is 377 g/mol. The molecule has 0 bridgehead atoms. The summed E-state index contributed by atoms with van der Waals surface area (Å²) in [5.74, 6) is 0.484. The summed E-state index contributed by atoms with van der Waals surface area (Å²) in [4.78, 5) is 12.3. The molecule has 0 saturated heterocycles. The maximum Gasteiger partial charge on any atom is 0.251 e. The van der Waals surface area contributed by atoms with Gasteiger partial charge in [0.15, 0.2) is 0 Å². The van der Waals surface area contributed by atoms with E-state index in [0.717, 1.165) is 10.0 Å². The zero-order valence-corrected chi connectivity index (χ0v) is 14.8. The van der Waals surface area contributed by atoms with E-state index in [-0.39, 0.29) is 18.1 Å². The Bertz CT molecular complexity index is 659. The first-order valence-corrected chi connectivity index (χ1v) is 8.31. The van der Waals surface area contributed by atoms with Gasteiger partial charge in [0.2, 0.25) is 0 Å². The third-order valence-electron chi connectivity index (χ3n) is 3.22. The highest BCUT2D eigenvalue weighted by molar-refractivity contribution is 9.10. The minimum absolute atomic E-state index is 0.0479. The van der Waals surface area contributed by atoms with Crippen LogP contribution in [0.15, 0.2) is 53.0 Å². The van der Waals surface area contributed by atoms with E-state index in [1.807, 2.05) is 50.2 Å². The predicted molar refractivity (Wildman–Crippen MR) is 95.6 cm³/mol. The van der Waals surface area contributed by atoms with Gasteiger partial charge in [-0.25, -0.2) is 0 Å². The molecule has 3 N–H and O–H groups in total. The minimum Gasteiger partial charge on any atom is -0.491 e. The summed E-state index contributed by atoms with van der Waals surface area (Å²) in [6.45, 7) is 4.26. The molecule has 23 heavy (non-hydrogen) atoms. The first-order chi connectivity index (χ1) is 11.0. The Hall–Kier alpha value is -1.85. The molecule has 1 amide bonds. The van der Waals surface area contributed by atoms with Crippen molar-refractivity contribution in [3.63, 3.8) is 0 Å². The number of halogens is 1. The number of nitrogens with one attached hydrogen (secondary N) is 1. The highest BCUT2D eigenvalue weighted by Crippen LogP contribution is 2.22. The lowest BCUT2D eigenvalue weighted by atomic mass is 10.1. The van der Waals surface area contributed by atoms with Crippen molar-refractivity contribution in [2.45, 2.75) is 26.0 Å². The first kappa shape index (κ1) is 17.5. The fourth-order valence-corrected chi connectivity index (χ4v) is 2.63. The fourth-order valence-electron chi connectivity index (χ4n) is 2.16. The van der Waals surface area contributed by atoms with Gasteiger partial charge in [0.05, 0.1) is 6.10 Å². The van der Waals surface area contributed by atoms with Gasteiger partial charge in [-0.15, -0.1) is 0 Å². The molecule has 0 spiro atoms. The molecule has 4 nitrogen and oxygen atoms in total. The van der Waals surface area contributed by atoms with Gasteiger partial charge in [-0.2, -0.15) is 0 Å². The second-order valence-electron chi connectivity index (χ2n) is 5.57. The molecular weight excluding hydrogens is 356 g/mol. The number of ether oxygens (including phenoxy) is 1. The van der Waals surface area contributed by atoms with E-state index in [0.29, 0.717) is 17.9 Å². The zero-order chi connectivity index (χ0) is 16.8. The van der Waals surface area contributed by atoms with Gasteiger partial charge in [-0.05, 0) is 37.6 Å². The average Bonchev–Trinajstić information content (AvgIpc) is 2.51. The number of rotatable bonds is 6. The van der Waals surface area contributed by atoms with E-state index >= 15 is 0 Å². The quantitative estimate of drug-likeness (QED) is 0.808. The molecule has 5 heteroatoms. The Balaban J connectivity index is 2.01. The van der Waals surface area contributed by atoms with E-state index in [2.05, 4.69) is 21.2 Å². The van der Waals surface area contributed by atoms with Crippen LogP contribution in [0, 0.1) is 0 Å². The van der Waals surface area contributed by atoms with Gasteiger partial charge in [0.25, 0.3) is 5.91 Å². The number of carbonyl (C=O) groups is 1. The molecule has 0 aliphatic rings. The molecule has 0 aromatic heterocycles. The van der Waals surface area contributed by atoms with E-state index < -0.39 is 0 Å². The highest BCUT2D eigenvalue weighted by atomic mass is 79.9. The van der Waals surface area contributed by atoms with Crippen molar-refractivity contribution in [3.8, 4) is 5.75 Å². The third kappa shape index (κ3) is 5.37. The summed E-state index contributed by atoms with van der Waals surface area (Å²) in [5.41, 5.74) is 7.63. The lowest BCUT2D eigenvalue weighted by molar-refractivity contribution is 0.0950. The molecule has 0 heterocycles. The minimum atomic E-state index is -0.237. The molecule has 2 aromatic rings. The number of hydrogen-bond acceptors (Lipinski definition) is 3. The summed E-state index contributed by atoms with van der Waals surface area (Å²) >= 11 is 3.40. The molecule has 0 aliphatic heterocycles. The monoisotopic (exact) mass is 376 g/mol. The van der Waals surface area contributed by atoms with Gasteiger partial charge in [-0.1, -0.05) is 46.3 Å². The van der Waals surface area contributed by atoms with Crippen molar-refractivity contribution >= 4 is 21.8 Å². The van der Waals surface area contributed by atoms with Gasteiger partial charge < -0.3 is 15.8 Å². The van der Waals surface area contributed by atoms with Gasteiger partial charge in [0, 0.05) is 22.6 Å². The molecule has 2 rings (SSSR count).